The fourth-order valence-electron chi connectivity index (χ4n) is 1.62. The van der Waals surface area contributed by atoms with E-state index in [0.717, 1.165) is 0 Å². The van der Waals surface area contributed by atoms with Crippen LogP contribution in [-0.2, 0) is 4.79 Å². The molecule has 3 heteroatoms. The number of carbonyl (C=O) groups is 2. The van der Waals surface area contributed by atoms with Crippen molar-refractivity contribution in [1.82, 2.24) is 0 Å². The second-order valence-electron chi connectivity index (χ2n) is 3.58. The van der Waals surface area contributed by atoms with E-state index in [0.29, 0.717) is 12.0 Å². The van der Waals surface area contributed by atoms with Crippen molar-refractivity contribution in [2.75, 3.05) is 0 Å². The molecule has 3 nitrogen and oxygen atoms in total. The highest BCUT2D eigenvalue weighted by atomic mass is 16.2. The predicted octanol–water partition coefficient (Wildman–Crippen LogP) is 0.991. The summed E-state index contributed by atoms with van der Waals surface area (Å²) in [5.74, 6) is -0.730. The number of hydrogen-bond acceptors (Lipinski definition) is 2. The maximum Gasteiger partial charge on any atom is 0.221 e. The molecule has 1 aromatic rings. The van der Waals surface area contributed by atoms with E-state index in [1.54, 1.807) is 12.1 Å². The average molecular weight is 189 g/mol. The third kappa shape index (κ3) is 1.53. The van der Waals surface area contributed by atoms with Crippen LogP contribution in [0, 0.1) is 11.8 Å². The molecule has 0 spiro atoms. The highest BCUT2D eigenvalue weighted by molar-refractivity contribution is 6.03. The number of primary amides is 1. The summed E-state index contributed by atoms with van der Waals surface area (Å²) in [6, 6.07) is 9.01. The van der Waals surface area contributed by atoms with Crippen LogP contribution in [0.1, 0.15) is 16.8 Å². The van der Waals surface area contributed by atoms with Crippen molar-refractivity contribution in [2.24, 2.45) is 17.6 Å². The summed E-state index contributed by atoms with van der Waals surface area (Å²) in [6.45, 7) is 0. The van der Waals surface area contributed by atoms with Gasteiger partial charge in [0.25, 0.3) is 0 Å². The van der Waals surface area contributed by atoms with Crippen LogP contribution >= 0.6 is 0 Å². The van der Waals surface area contributed by atoms with Gasteiger partial charge in [0.1, 0.15) is 0 Å². The fraction of sp³-hybridized carbons (Fsp3) is 0.273. The number of ketones is 1. The average Bonchev–Trinajstić information content (AvgIpc) is 2.97. The number of amides is 1. The molecule has 1 aromatic carbocycles. The van der Waals surface area contributed by atoms with Gasteiger partial charge in [0.2, 0.25) is 5.91 Å². The van der Waals surface area contributed by atoms with Gasteiger partial charge < -0.3 is 5.73 Å². The molecule has 0 radical (unpaired) electrons. The number of benzene rings is 1. The van der Waals surface area contributed by atoms with Crippen LogP contribution in [-0.4, -0.2) is 11.7 Å². The van der Waals surface area contributed by atoms with E-state index in [4.69, 9.17) is 5.73 Å². The lowest BCUT2D eigenvalue weighted by molar-refractivity contribution is -0.119. The molecule has 0 aliphatic heterocycles. The van der Waals surface area contributed by atoms with Crippen LogP contribution in [0.3, 0.4) is 0 Å². The van der Waals surface area contributed by atoms with Gasteiger partial charge in [-0.25, -0.2) is 0 Å². The third-order valence-corrected chi connectivity index (χ3v) is 2.55. The summed E-state index contributed by atoms with van der Waals surface area (Å²) in [5.41, 5.74) is 5.78. The first-order chi connectivity index (χ1) is 6.70. The third-order valence-electron chi connectivity index (χ3n) is 2.55. The van der Waals surface area contributed by atoms with Gasteiger partial charge in [-0.2, -0.15) is 0 Å². The Balaban J connectivity index is 2.09. The molecule has 0 saturated heterocycles. The molecule has 1 aliphatic rings. The summed E-state index contributed by atoms with van der Waals surface area (Å²) in [5, 5.41) is 0. The lowest BCUT2D eigenvalue weighted by atomic mass is 10.1. The molecule has 2 atom stereocenters. The van der Waals surface area contributed by atoms with Gasteiger partial charge in [0.05, 0.1) is 0 Å². The molecule has 2 N–H and O–H groups in total. The van der Waals surface area contributed by atoms with Gasteiger partial charge in [-0.15, -0.1) is 0 Å². The van der Waals surface area contributed by atoms with Crippen LogP contribution in [0.15, 0.2) is 30.3 Å². The first-order valence-electron chi connectivity index (χ1n) is 4.58. The zero-order valence-electron chi connectivity index (χ0n) is 7.64. The van der Waals surface area contributed by atoms with Crippen LogP contribution in [0.4, 0.5) is 0 Å². The van der Waals surface area contributed by atoms with Crippen molar-refractivity contribution in [3.63, 3.8) is 0 Å². The molecular weight excluding hydrogens is 178 g/mol. The largest absolute Gasteiger partial charge is 0.369 e. The highest BCUT2D eigenvalue weighted by Crippen LogP contribution is 2.40. The minimum absolute atomic E-state index is 0.0365. The van der Waals surface area contributed by atoms with E-state index in [9.17, 15) is 9.59 Å². The van der Waals surface area contributed by atoms with Gasteiger partial charge in [-0.05, 0) is 6.42 Å². The van der Waals surface area contributed by atoms with Crippen LogP contribution < -0.4 is 5.73 Å². The van der Waals surface area contributed by atoms with E-state index in [1.165, 1.54) is 0 Å². The Kier molecular flexibility index (Phi) is 2.08. The minimum atomic E-state index is -0.362. The molecule has 0 unspecified atom stereocenters. The molecule has 1 saturated carbocycles. The monoisotopic (exact) mass is 189 g/mol. The second-order valence-corrected chi connectivity index (χ2v) is 3.58. The summed E-state index contributed by atoms with van der Waals surface area (Å²) in [6.07, 6.45) is 0.614. The van der Waals surface area contributed by atoms with Crippen molar-refractivity contribution in [2.45, 2.75) is 6.42 Å². The zero-order valence-corrected chi connectivity index (χ0v) is 7.64. The maximum absolute atomic E-state index is 11.7. The number of hydrogen-bond donors (Lipinski definition) is 1. The number of nitrogens with two attached hydrogens (primary N) is 1. The molecule has 1 amide bonds. The first kappa shape index (κ1) is 8.94. The van der Waals surface area contributed by atoms with Gasteiger partial charge in [0, 0.05) is 17.4 Å². The molecule has 0 bridgehead atoms. The predicted molar refractivity (Wildman–Crippen MR) is 51.6 cm³/mol. The molecular formula is C11H11NO2. The van der Waals surface area contributed by atoms with Crippen LogP contribution in [0.2, 0.25) is 0 Å². The number of carbonyl (C=O) groups excluding carboxylic acids is 2. The molecule has 14 heavy (non-hydrogen) atoms. The van der Waals surface area contributed by atoms with Crippen LogP contribution in [0.5, 0.6) is 0 Å². The molecule has 1 aliphatic carbocycles. The summed E-state index contributed by atoms with van der Waals surface area (Å²) in [4.78, 5) is 22.5. The van der Waals surface area contributed by atoms with Crippen molar-refractivity contribution >= 4 is 11.7 Å². The molecule has 2 rings (SSSR count). The molecule has 72 valence electrons. The Bertz CT molecular complexity index is 372. The van der Waals surface area contributed by atoms with Crippen LogP contribution in [0.25, 0.3) is 0 Å². The summed E-state index contributed by atoms with van der Waals surface area (Å²) in [7, 11) is 0. The van der Waals surface area contributed by atoms with E-state index >= 15 is 0 Å². The smallest absolute Gasteiger partial charge is 0.221 e. The second kappa shape index (κ2) is 3.25. The van der Waals surface area contributed by atoms with Gasteiger partial charge in [-0.1, -0.05) is 30.3 Å². The number of Topliss-reactive ketones (excluding diaryl/α,β-unsaturated/α-hetero) is 1. The van der Waals surface area contributed by atoms with E-state index in [1.807, 2.05) is 18.2 Å². The minimum Gasteiger partial charge on any atom is -0.369 e. The molecule has 1 fully saturated rings. The van der Waals surface area contributed by atoms with Crippen molar-refractivity contribution in [3.05, 3.63) is 35.9 Å². The Morgan fingerprint density at radius 1 is 1.14 bits per heavy atom. The Hall–Kier alpha value is -1.64. The van der Waals surface area contributed by atoms with Crippen molar-refractivity contribution in [3.8, 4) is 0 Å². The topological polar surface area (TPSA) is 60.2 Å². The summed E-state index contributed by atoms with van der Waals surface area (Å²) < 4.78 is 0. The van der Waals surface area contributed by atoms with Crippen molar-refractivity contribution < 1.29 is 9.59 Å². The standard InChI is InChI=1S/C11H11NO2/c12-11(14)9-6-8(9)10(13)7-4-2-1-3-5-7/h1-5,8-9H,6H2,(H2,12,14)/t8-,9-/m0/s1. The van der Waals surface area contributed by atoms with Gasteiger partial charge in [0.15, 0.2) is 5.78 Å². The van der Waals surface area contributed by atoms with Crippen molar-refractivity contribution in [1.29, 1.82) is 0 Å². The highest BCUT2D eigenvalue weighted by Gasteiger charge is 2.46. The van der Waals surface area contributed by atoms with E-state index in [2.05, 4.69) is 0 Å². The van der Waals surface area contributed by atoms with Gasteiger partial charge in [-0.3, -0.25) is 9.59 Å². The lowest BCUT2D eigenvalue weighted by Gasteiger charge is -1.97. The zero-order chi connectivity index (χ0) is 10.1. The summed E-state index contributed by atoms with van der Waals surface area (Å²) >= 11 is 0. The van der Waals surface area contributed by atoms with Gasteiger partial charge >= 0.3 is 0 Å². The number of rotatable bonds is 3. The maximum atomic E-state index is 11.7. The lowest BCUT2D eigenvalue weighted by Crippen LogP contribution is -2.16. The Morgan fingerprint density at radius 3 is 2.29 bits per heavy atom. The van der Waals surface area contributed by atoms with E-state index in [-0.39, 0.29) is 23.5 Å². The normalized spacial score (nSPS) is 24.3. The van der Waals surface area contributed by atoms with E-state index < -0.39 is 0 Å². The molecule has 0 aromatic heterocycles. The SMILES string of the molecule is NC(=O)[C@H]1C[C@@H]1C(=O)c1ccccc1. The Labute approximate surface area is 81.9 Å². The Morgan fingerprint density at radius 2 is 1.79 bits per heavy atom. The quantitative estimate of drug-likeness (QED) is 0.721. The molecule has 0 heterocycles. The first-order valence-corrected chi connectivity index (χ1v) is 4.58. The fourth-order valence-corrected chi connectivity index (χ4v) is 1.62.